The molecule has 0 bridgehead atoms. The summed E-state index contributed by atoms with van der Waals surface area (Å²) in [5.74, 6) is 1.95. The molecule has 1 saturated heterocycles. The Hall–Kier alpha value is -1.43. The van der Waals surface area contributed by atoms with Crippen molar-refractivity contribution in [1.82, 2.24) is 19.9 Å². The van der Waals surface area contributed by atoms with Crippen LogP contribution in [0.2, 0.25) is 0 Å². The van der Waals surface area contributed by atoms with Gasteiger partial charge < -0.3 is 10.0 Å². The molecule has 1 aromatic rings. The predicted octanol–water partition coefficient (Wildman–Crippen LogP) is 1.88. The van der Waals surface area contributed by atoms with E-state index in [0.717, 1.165) is 44.6 Å². The van der Waals surface area contributed by atoms with Crippen molar-refractivity contribution in [3.8, 4) is 0 Å². The van der Waals surface area contributed by atoms with Gasteiger partial charge in [-0.25, -0.2) is 0 Å². The van der Waals surface area contributed by atoms with Crippen LogP contribution in [0.15, 0.2) is 6.20 Å². The van der Waals surface area contributed by atoms with Crippen molar-refractivity contribution < 1.29 is 9.90 Å². The lowest BCUT2D eigenvalue weighted by Gasteiger charge is -2.32. The number of carbonyl (C=O) groups is 1. The molecule has 0 aromatic carbocycles. The molecule has 1 amide bonds. The molecule has 3 rings (SSSR count). The number of aliphatic hydroxyl groups is 1. The summed E-state index contributed by atoms with van der Waals surface area (Å²) in [6.07, 6.45) is 9.42. The molecule has 1 saturated carbocycles. The SMILES string of the molecule is CCCC[C@@H]1C[C@@H]1C(=O)N1CCC(Cn2cc(CCO)nn2)CC1. The Labute approximate surface area is 144 Å². The highest BCUT2D eigenvalue weighted by molar-refractivity contribution is 5.81. The molecule has 2 heterocycles. The van der Waals surface area contributed by atoms with Crippen molar-refractivity contribution in [1.29, 1.82) is 0 Å². The topological polar surface area (TPSA) is 71.2 Å². The molecule has 0 unspecified atom stereocenters. The zero-order valence-corrected chi connectivity index (χ0v) is 14.7. The third-order valence-electron chi connectivity index (χ3n) is 5.49. The number of unbranched alkanes of at least 4 members (excludes halogenated alkanes) is 1. The fraction of sp³-hybridized carbons (Fsp3) is 0.833. The first-order valence-corrected chi connectivity index (χ1v) is 9.50. The van der Waals surface area contributed by atoms with Crippen LogP contribution in [0.25, 0.3) is 0 Å². The van der Waals surface area contributed by atoms with Gasteiger partial charge in [-0.2, -0.15) is 0 Å². The van der Waals surface area contributed by atoms with Gasteiger partial charge in [-0.1, -0.05) is 25.0 Å². The lowest BCUT2D eigenvalue weighted by Crippen LogP contribution is -2.40. The largest absolute Gasteiger partial charge is 0.396 e. The van der Waals surface area contributed by atoms with E-state index in [2.05, 4.69) is 22.1 Å². The van der Waals surface area contributed by atoms with Gasteiger partial charge in [-0.3, -0.25) is 9.48 Å². The second kappa shape index (κ2) is 8.10. The van der Waals surface area contributed by atoms with E-state index in [-0.39, 0.29) is 6.61 Å². The summed E-state index contributed by atoms with van der Waals surface area (Å²) in [6.45, 7) is 4.96. The molecule has 6 nitrogen and oxygen atoms in total. The molecule has 2 fully saturated rings. The Morgan fingerprint density at radius 2 is 2.17 bits per heavy atom. The van der Waals surface area contributed by atoms with Gasteiger partial charge in [-0.15, -0.1) is 5.10 Å². The second-order valence-corrected chi connectivity index (χ2v) is 7.42. The van der Waals surface area contributed by atoms with E-state index in [0.29, 0.717) is 30.1 Å². The Morgan fingerprint density at radius 3 is 2.88 bits per heavy atom. The molecule has 134 valence electrons. The van der Waals surface area contributed by atoms with E-state index in [4.69, 9.17) is 5.11 Å². The number of aromatic nitrogens is 3. The highest BCUT2D eigenvalue weighted by Crippen LogP contribution is 2.44. The van der Waals surface area contributed by atoms with Crippen molar-refractivity contribution in [2.75, 3.05) is 19.7 Å². The van der Waals surface area contributed by atoms with Gasteiger partial charge in [0.1, 0.15) is 0 Å². The molecule has 1 N–H and O–H groups in total. The van der Waals surface area contributed by atoms with Gasteiger partial charge in [0.15, 0.2) is 0 Å². The Bertz CT molecular complexity index is 537. The summed E-state index contributed by atoms with van der Waals surface area (Å²) in [4.78, 5) is 14.6. The molecule has 1 aromatic heterocycles. The summed E-state index contributed by atoms with van der Waals surface area (Å²) in [6, 6.07) is 0. The lowest BCUT2D eigenvalue weighted by molar-refractivity contribution is -0.134. The fourth-order valence-electron chi connectivity index (χ4n) is 3.83. The van der Waals surface area contributed by atoms with Crippen molar-refractivity contribution in [3.05, 3.63) is 11.9 Å². The molecule has 2 aliphatic rings. The maximum atomic E-state index is 12.5. The highest BCUT2D eigenvalue weighted by atomic mass is 16.3. The van der Waals surface area contributed by atoms with E-state index < -0.39 is 0 Å². The Balaban J connectivity index is 1.40. The van der Waals surface area contributed by atoms with Crippen molar-refractivity contribution in [3.63, 3.8) is 0 Å². The standard InChI is InChI=1S/C18H30N4O2/c1-2-3-4-15-11-17(15)18(24)21-8-5-14(6-9-21)12-22-13-16(7-10-23)19-20-22/h13-15,17,23H,2-12H2,1H3/t15-,17+/m1/s1. The minimum absolute atomic E-state index is 0.111. The number of nitrogens with zero attached hydrogens (tertiary/aromatic N) is 4. The minimum atomic E-state index is 0.111. The van der Waals surface area contributed by atoms with Crippen LogP contribution in [-0.4, -0.2) is 50.6 Å². The van der Waals surface area contributed by atoms with Gasteiger partial charge >= 0.3 is 0 Å². The summed E-state index contributed by atoms with van der Waals surface area (Å²) >= 11 is 0. The first-order valence-electron chi connectivity index (χ1n) is 9.50. The van der Waals surface area contributed by atoms with Crippen LogP contribution in [0.4, 0.5) is 0 Å². The number of hydrogen-bond donors (Lipinski definition) is 1. The Kier molecular flexibility index (Phi) is 5.87. The van der Waals surface area contributed by atoms with Gasteiger partial charge in [0.2, 0.25) is 5.91 Å². The van der Waals surface area contributed by atoms with Gasteiger partial charge in [0.25, 0.3) is 0 Å². The third-order valence-corrected chi connectivity index (χ3v) is 5.49. The zero-order valence-electron chi connectivity index (χ0n) is 14.7. The van der Waals surface area contributed by atoms with Crippen molar-refractivity contribution in [2.24, 2.45) is 17.8 Å². The molecule has 0 spiro atoms. The molecular weight excluding hydrogens is 304 g/mol. The van der Waals surface area contributed by atoms with Crippen LogP contribution in [0.3, 0.4) is 0 Å². The molecule has 1 aliphatic heterocycles. The van der Waals surface area contributed by atoms with Crippen LogP contribution >= 0.6 is 0 Å². The van der Waals surface area contributed by atoms with Crippen LogP contribution in [0.1, 0.15) is 51.1 Å². The fourth-order valence-corrected chi connectivity index (χ4v) is 3.83. The van der Waals surface area contributed by atoms with Gasteiger partial charge in [-0.05, 0) is 37.5 Å². The maximum absolute atomic E-state index is 12.5. The highest BCUT2D eigenvalue weighted by Gasteiger charge is 2.44. The number of hydrogen-bond acceptors (Lipinski definition) is 4. The van der Waals surface area contributed by atoms with E-state index >= 15 is 0 Å². The molecule has 2 atom stereocenters. The molecule has 6 heteroatoms. The van der Waals surface area contributed by atoms with Crippen molar-refractivity contribution >= 4 is 5.91 Å². The monoisotopic (exact) mass is 334 g/mol. The summed E-state index contributed by atoms with van der Waals surface area (Å²) in [7, 11) is 0. The number of carbonyl (C=O) groups excluding carboxylic acids is 1. The van der Waals surface area contributed by atoms with Crippen LogP contribution < -0.4 is 0 Å². The zero-order chi connectivity index (χ0) is 16.9. The first kappa shape index (κ1) is 17.4. The minimum Gasteiger partial charge on any atom is -0.396 e. The quantitative estimate of drug-likeness (QED) is 0.788. The van der Waals surface area contributed by atoms with Crippen LogP contribution in [0, 0.1) is 17.8 Å². The van der Waals surface area contributed by atoms with Gasteiger partial charge in [0.05, 0.1) is 5.69 Å². The number of amides is 1. The smallest absolute Gasteiger partial charge is 0.225 e. The third kappa shape index (κ3) is 4.35. The van der Waals surface area contributed by atoms with Gasteiger partial charge in [0, 0.05) is 44.8 Å². The summed E-state index contributed by atoms with van der Waals surface area (Å²) < 4.78 is 1.88. The summed E-state index contributed by atoms with van der Waals surface area (Å²) in [5.41, 5.74) is 0.844. The summed E-state index contributed by atoms with van der Waals surface area (Å²) in [5, 5.41) is 17.1. The normalized spacial score (nSPS) is 24.3. The average Bonchev–Trinajstić information content (AvgIpc) is 3.25. The van der Waals surface area contributed by atoms with E-state index in [1.165, 1.54) is 19.3 Å². The average molecular weight is 334 g/mol. The van der Waals surface area contributed by atoms with Crippen molar-refractivity contribution in [2.45, 2.75) is 58.4 Å². The van der Waals surface area contributed by atoms with E-state index in [9.17, 15) is 4.79 Å². The van der Waals surface area contributed by atoms with E-state index in [1.807, 2.05) is 10.9 Å². The number of aliphatic hydroxyl groups excluding tert-OH is 1. The van der Waals surface area contributed by atoms with Crippen LogP contribution in [-0.2, 0) is 17.8 Å². The number of piperidine rings is 1. The Morgan fingerprint density at radius 1 is 1.38 bits per heavy atom. The molecule has 0 radical (unpaired) electrons. The molecule has 24 heavy (non-hydrogen) atoms. The number of likely N-dealkylation sites (tertiary alicyclic amines) is 1. The second-order valence-electron chi connectivity index (χ2n) is 7.42. The lowest BCUT2D eigenvalue weighted by atomic mass is 9.96. The molecular formula is C18H30N4O2. The molecule has 1 aliphatic carbocycles. The van der Waals surface area contributed by atoms with E-state index in [1.54, 1.807) is 0 Å². The predicted molar refractivity (Wildman–Crippen MR) is 91.2 cm³/mol. The number of rotatable bonds is 8. The first-order chi connectivity index (χ1) is 11.7. The van der Waals surface area contributed by atoms with Crippen LogP contribution in [0.5, 0.6) is 0 Å². The maximum Gasteiger partial charge on any atom is 0.225 e.